The minimum absolute atomic E-state index is 0.0937. The van der Waals surface area contributed by atoms with Gasteiger partial charge in [0, 0.05) is 23.9 Å². The van der Waals surface area contributed by atoms with Gasteiger partial charge in [-0.15, -0.1) is 0 Å². The molecular weight excluding hydrogens is 243 g/mol. The van der Waals surface area contributed by atoms with Crippen LogP contribution in [0, 0.1) is 12.7 Å². The Morgan fingerprint density at radius 1 is 1.37 bits per heavy atom. The summed E-state index contributed by atoms with van der Waals surface area (Å²) in [6, 6.07) is 8.09. The number of aromatic nitrogens is 1. The molecule has 0 amide bonds. The van der Waals surface area contributed by atoms with Gasteiger partial charge in [0.05, 0.1) is 0 Å². The third-order valence-electron chi connectivity index (χ3n) is 2.66. The van der Waals surface area contributed by atoms with Gasteiger partial charge in [-0.3, -0.25) is 0 Å². The fraction of sp³-hybridized carbons (Fsp3) is 0.267. The van der Waals surface area contributed by atoms with E-state index in [2.05, 4.69) is 4.98 Å². The van der Waals surface area contributed by atoms with Gasteiger partial charge in [0.15, 0.2) is 0 Å². The van der Waals surface area contributed by atoms with E-state index in [1.165, 1.54) is 12.1 Å². The zero-order valence-electron chi connectivity index (χ0n) is 11.1. The first-order valence-electron chi connectivity index (χ1n) is 6.19. The van der Waals surface area contributed by atoms with Crippen molar-refractivity contribution in [3.63, 3.8) is 0 Å². The van der Waals surface area contributed by atoms with Crippen LogP contribution >= 0.6 is 0 Å². The van der Waals surface area contributed by atoms with E-state index < -0.39 is 0 Å². The molecule has 1 unspecified atom stereocenters. The zero-order chi connectivity index (χ0) is 13.8. The van der Waals surface area contributed by atoms with Gasteiger partial charge in [0.25, 0.3) is 0 Å². The summed E-state index contributed by atoms with van der Waals surface area (Å²) in [6.07, 6.45) is 2.51. The molecule has 0 saturated carbocycles. The molecule has 0 bridgehead atoms. The van der Waals surface area contributed by atoms with E-state index in [1.54, 1.807) is 18.3 Å². The lowest BCUT2D eigenvalue weighted by molar-refractivity contribution is 0.453. The molecule has 0 aliphatic rings. The van der Waals surface area contributed by atoms with Crippen LogP contribution in [0.3, 0.4) is 0 Å². The predicted octanol–water partition coefficient (Wildman–Crippen LogP) is 3.21. The number of rotatable bonds is 4. The van der Waals surface area contributed by atoms with E-state index in [9.17, 15) is 4.39 Å². The van der Waals surface area contributed by atoms with Gasteiger partial charge in [-0.05, 0) is 44.0 Å². The monoisotopic (exact) mass is 260 g/mol. The first-order valence-corrected chi connectivity index (χ1v) is 6.19. The van der Waals surface area contributed by atoms with Crippen LogP contribution in [-0.4, -0.2) is 11.0 Å². The van der Waals surface area contributed by atoms with E-state index in [4.69, 9.17) is 10.5 Å². The van der Waals surface area contributed by atoms with Crippen molar-refractivity contribution in [1.82, 2.24) is 4.98 Å². The molecule has 3 nitrogen and oxygen atoms in total. The van der Waals surface area contributed by atoms with Crippen molar-refractivity contribution < 1.29 is 9.13 Å². The molecule has 2 N–H and O–H groups in total. The molecule has 1 atom stereocenters. The van der Waals surface area contributed by atoms with Crippen molar-refractivity contribution in [2.75, 3.05) is 0 Å². The summed E-state index contributed by atoms with van der Waals surface area (Å²) in [5.74, 6) is 0.596. The van der Waals surface area contributed by atoms with Gasteiger partial charge in [0.2, 0.25) is 5.88 Å². The van der Waals surface area contributed by atoms with Crippen LogP contribution in [0.1, 0.15) is 18.1 Å². The second-order valence-corrected chi connectivity index (χ2v) is 4.71. The highest BCUT2D eigenvalue weighted by molar-refractivity contribution is 5.34. The van der Waals surface area contributed by atoms with E-state index >= 15 is 0 Å². The second-order valence-electron chi connectivity index (χ2n) is 4.71. The van der Waals surface area contributed by atoms with Crippen LogP contribution < -0.4 is 10.5 Å². The maximum atomic E-state index is 13.1. The molecule has 2 rings (SSSR count). The smallest absolute Gasteiger partial charge is 0.222 e. The highest BCUT2D eigenvalue weighted by atomic mass is 19.1. The molecule has 0 aliphatic carbocycles. The molecule has 2 aromatic rings. The number of pyridine rings is 1. The van der Waals surface area contributed by atoms with E-state index in [0.29, 0.717) is 11.6 Å². The minimum atomic E-state index is -0.330. The van der Waals surface area contributed by atoms with Crippen molar-refractivity contribution >= 4 is 0 Å². The number of halogens is 1. The summed E-state index contributed by atoms with van der Waals surface area (Å²) >= 11 is 0. The Balaban J connectivity index is 2.17. The number of aryl methyl sites for hydroxylation is 1. The van der Waals surface area contributed by atoms with Crippen molar-refractivity contribution in [2.45, 2.75) is 26.3 Å². The molecule has 0 spiro atoms. The summed E-state index contributed by atoms with van der Waals surface area (Å²) in [7, 11) is 0. The fourth-order valence-electron chi connectivity index (χ4n) is 1.85. The van der Waals surface area contributed by atoms with Gasteiger partial charge in [-0.1, -0.05) is 6.07 Å². The molecule has 0 saturated heterocycles. The standard InChI is InChI=1S/C15H17FN2O/c1-10-6-12(7-11(2)17)9-18-15(10)19-14-5-3-4-13(16)8-14/h3-6,8-9,11H,7,17H2,1-2H3. The quantitative estimate of drug-likeness (QED) is 0.918. The average molecular weight is 260 g/mol. The number of nitrogens with zero attached hydrogens (tertiary/aromatic N) is 1. The Morgan fingerprint density at radius 2 is 2.16 bits per heavy atom. The van der Waals surface area contributed by atoms with E-state index in [0.717, 1.165) is 17.5 Å². The van der Waals surface area contributed by atoms with Crippen molar-refractivity contribution in [3.05, 3.63) is 53.5 Å². The first-order chi connectivity index (χ1) is 9.04. The number of nitrogens with two attached hydrogens (primary N) is 1. The fourth-order valence-corrected chi connectivity index (χ4v) is 1.85. The molecule has 4 heteroatoms. The van der Waals surface area contributed by atoms with Crippen LogP contribution in [0.25, 0.3) is 0 Å². The van der Waals surface area contributed by atoms with Gasteiger partial charge < -0.3 is 10.5 Å². The van der Waals surface area contributed by atoms with Gasteiger partial charge in [-0.25, -0.2) is 9.37 Å². The number of hydrogen-bond acceptors (Lipinski definition) is 3. The molecule has 1 aromatic heterocycles. The summed E-state index contributed by atoms with van der Waals surface area (Å²) in [4.78, 5) is 4.26. The first kappa shape index (κ1) is 13.5. The highest BCUT2D eigenvalue weighted by Crippen LogP contribution is 2.23. The van der Waals surface area contributed by atoms with Crippen LogP contribution in [0.4, 0.5) is 4.39 Å². The van der Waals surface area contributed by atoms with Crippen LogP contribution in [0.2, 0.25) is 0 Å². The summed E-state index contributed by atoms with van der Waals surface area (Å²) in [5, 5.41) is 0. The van der Waals surface area contributed by atoms with E-state index in [1.807, 2.05) is 19.9 Å². The lowest BCUT2D eigenvalue weighted by Gasteiger charge is -2.10. The second kappa shape index (κ2) is 5.80. The molecule has 19 heavy (non-hydrogen) atoms. The average Bonchev–Trinajstić information content (AvgIpc) is 2.32. The lowest BCUT2D eigenvalue weighted by Crippen LogP contribution is -2.17. The van der Waals surface area contributed by atoms with Crippen LogP contribution in [0.5, 0.6) is 11.6 Å². The SMILES string of the molecule is Cc1cc(CC(C)N)cnc1Oc1cccc(F)c1. The predicted molar refractivity (Wildman–Crippen MR) is 72.8 cm³/mol. The number of hydrogen-bond donors (Lipinski definition) is 1. The maximum Gasteiger partial charge on any atom is 0.222 e. The molecule has 0 fully saturated rings. The molecule has 1 aromatic carbocycles. The Hall–Kier alpha value is -1.94. The molecule has 0 aliphatic heterocycles. The Kier molecular flexibility index (Phi) is 4.12. The third-order valence-corrected chi connectivity index (χ3v) is 2.66. The minimum Gasteiger partial charge on any atom is -0.439 e. The Labute approximate surface area is 112 Å². The van der Waals surface area contributed by atoms with Crippen molar-refractivity contribution in [2.24, 2.45) is 5.73 Å². The number of benzene rings is 1. The van der Waals surface area contributed by atoms with Crippen molar-refractivity contribution in [1.29, 1.82) is 0 Å². The topological polar surface area (TPSA) is 48.1 Å². The summed E-state index contributed by atoms with van der Waals surface area (Å²) < 4.78 is 18.6. The molecular formula is C15H17FN2O. The van der Waals surface area contributed by atoms with Gasteiger partial charge in [-0.2, -0.15) is 0 Å². The summed E-state index contributed by atoms with van der Waals surface area (Å²) in [6.45, 7) is 3.86. The lowest BCUT2D eigenvalue weighted by atomic mass is 10.1. The largest absolute Gasteiger partial charge is 0.439 e. The molecule has 1 heterocycles. The highest BCUT2D eigenvalue weighted by Gasteiger charge is 2.06. The van der Waals surface area contributed by atoms with Crippen LogP contribution in [-0.2, 0) is 6.42 Å². The molecule has 0 radical (unpaired) electrons. The number of ether oxygens (including phenoxy) is 1. The van der Waals surface area contributed by atoms with Gasteiger partial charge >= 0.3 is 0 Å². The third kappa shape index (κ3) is 3.76. The Morgan fingerprint density at radius 3 is 2.79 bits per heavy atom. The Bertz CT molecular complexity index is 570. The summed E-state index contributed by atoms with van der Waals surface area (Å²) in [5.41, 5.74) is 7.73. The normalized spacial score (nSPS) is 12.2. The van der Waals surface area contributed by atoms with Crippen LogP contribution in [0.15, 0.2) is 36.5 Å². The van der Waals surface area contributed by atoms with Gasteiger partial charge in [0.1, 0.15) is 11.6 Å². The van der Waals surface area contributed by atoms with Crippen molar-refractivity contribution in [3.8, 4) is 11.6 Å². The molecule has 100 valence electrons. The van der Waals surface area contributed by atoms with E-state index in [-0.39, 0.29) is 11.9 Å². The zero-order valence-corrected chi connectivity index (χ0v) is 11.1. The maximum absolute atomic E-state index is 13.1.